The zero-order valence-electron chi connectivity index (χ0n) is 18.6. The standard InChI is InChI=1S/C23H19F6N5O2/c24-14-9-15(25)18(16(26)10-14)34-11-13(20(35)32-22(4-1-5-22)23(27,28)29)8-12-2-3-17(31-19(12)34)33-7-6-30-21(33)36/h2-3,9-11H,1,4-8H2,(H,30,36)(H,32,35). The molecule has 3 aliphatic rings. The van der Waals surface area contributed by atoms with Crippen LogP contribution in [0.4, 0.5) is 48.5 Å². The molecule has 13 heteroatoms. The summed E-state index contributed by atoms with van der Waals surface area (Å²) in [7, 11) is 0. The van der Waals surface area contributed by atoms with Crippen molar-refractivity contribution in [3.63, 3.8) is 0 Å². The maximum absolute atomic E-state index is 14.8. The van der Waals surface area contributed by atoms with Gasteiger partial charge in [-0.2, -0.15) is 13.2 Å². The molecule has 2 aromatic rings. The van der Waals surface area contributed by atoms with Crippen LogP contribution in [0.2, 0.25) is 0 Å². The fraction of sp³-hybridized carbons (Fsp3) is 0.348. The summed E-state index contributed by atoms with van der Waals surface area (Å²) in [6, 6.07) is 3.37. The number of carbonyl (C=O) groups excluding carboxylic acids is 2. The van der Waals surface area contributed by atoms with Crippen molar-refractivity contribution in [2.75, 3.05) is 22.9 Å². The van der Waals surface area contributed by atoms with E-state index < -0.39 is 46.8 Å². The molecule has 190 valence electrons. The van der Waals surface area contributed by atoms with Crippen LogP contribution in [0.1, 0.15) is 24.8 Å². The molecular formula is C23H19F6N5O2. The van der Waals surface area contributed by atoms with Gasteiger partial charge in [-0.05, 0) is 25.3 Å². The molecule has 7 nitrogen and oxygen atoms in total. The van der Waals surface area contributed by atoms with Crippen LogP contribution < -0.4 is 20.4 Å². The smallest absolute Gasteiger partial charge is 0.338 e. The van der Waals surface area contributed by atoms with Crippen molar-refractivity contribution in [2.24, 2.45) is 0 Å². The topological polar surface area (TPSA) is 77.6 Å². The number of aromatic nitrogens is 1. The Hall–Kier alpha value is -3.77. The van der Waals surface area contributed by atoms with E-state index in [0.717, 1.165) is 11.1 Å². The molecule has 1 saturated carbocycles. The van der Waals surface area contributed by atoms with Crippen molar-refractivity contribution in [3.8, 4) is 0 Å². The Morgan fingerprint density at radius 2 is 1.81 bits per heavy atom. The van der Waals surface area contributed by atoms with Crippen molar-refractivity contribution in [2.45, 2.75) is 37.4 Å². The van der Waals surface area contributed by atoms with Crippen molar-refractivity contribution < 1.29 is 35.9 Å². The predicted octanol–water partition coefficient (Wildman–Crippen LogP) is 4.21. The fourth-order valence-corrected chi connectivity index (χ4v) is 4.50. The van der Waals surface area contributed by atoms with Crippen LogP contribution in [0.5, 0.6) is 0 Å². The lowest BCUT2D eigenvalue weighted by Gasteiger charge is -2.44. The maximum Gasteiger partial charge on any atom is 0.411 e. The van der Waals surface area contributed by atoms with E-state index in [-0.39, 0.29) is 55.0 Å². The molecule has 1 saturated heterocycles. The van der Waals surface area contributed by atoms with Gasteiger partial charge >= 0.3 is 12.2 Å². The first-order valence-corrected chi connectivity index (χ1v) is 11.1. The van der Waals surface area contributed by atoms with Crippen LogP contribution in [0.15, 0.2) is 36.0 Å². The van der Waals surface area contributed by atoms with Crippen LogP contribution in [-0.4, -0.2) is 41.7 Å². The summed E-state index contributed by atoms with van der Waals surface area (Å²) in [6.45, 7) is 0.640. The minimum atomic E-state index is -4.67. The Balaban J connectivity index is 1.58. The number of hydrogen-bond acceptors (Lipinski definition) is 4. The molecule has 0 spiro atoms. The third-order valence-electron chi connectivity index (χ3n) is 6.59. The Morgan fingerprint density at radius 3 is 2.36 bits per heavy atom. The monoisotopic (exact) mass is 511 g/mol. The van der Waals surface area contributed by atoms with Crippen LogP contribution in [0.25, 0.3) is 0 Å². The third-order valence-corrected chi connectivity index (χ3v) is 6.59. The Kier molecular flexibility index (Phi) is 5.60. The highest BCUT2D eigenvalue weighted by Crippen LogP contribution is 2.46. The van der Waals surface area contributed by atoms with Gasteiger partial charge in [0.2, 0.25) is 5.91 Å². The zero-order valence-corrected chi connectivity index (χ0v) is 18.6. The SMILES string of the molecule is O=C(NC1(C(F)(F)F)CCC1)C1=CN(c2c(F)cc(F)cc2F)c2nc(N3CCNC3=O)ccc2C1. The second kappa shape index (κ2) is 8.42. The number of halogens is 6. The molecule has 5 rings (SSSR count). The van der Waals surface area contributed by atoms with Crippen LogP contribution in [0.3, 0.4) is 0 Å². The van der Waals surface area contributed by atoms with Gasteiger partial charge in [0.15, 0.2) is 11.6 Å². The number of fused-ring (bicyclic) bond motifs is 1. The van der Waals surface area contributed by atoms with Gasteiger partial charge in [-0.1, -0.05) is 6.07 Å². The van der Waals surface area contributed by atoms with Gasteiger partial charge < -0.3 is 10.6 Å². The number of nitrogens with zero attached hydrogens (tertiary/aromatic N) is 3. The molecule has 36 heavy (non-hydrogen) atoms. The second-order valence-electron chi connectivity index (χ2n) is 8.84. The van der Waals surface area contributed by atoms with Gasteiger partial charge in [-0.15, -0.1) is 0 Å². The van der Waals surface area contributed by atoms with E-state index in [2.05, 4.69) is 15.6 Å². The normalized spacial score (nSPS) is 18.8. The van der Waals surface area contributed by atoms with Crippen LogP contribution in [-0.2, 0) is 11.2 Å². The molecular weight excluding hydrogens is 492 g/mol. The molecule has 3 heterocycles. The number of alkyl halides is 3. The minimum Gasteiger partial charge on any atom is -0.338 e. The number of carbonyl (C=O) groups is 2. The van der Waals surface area contributed by atoms with Crippen molar-refractivity contribution in [1.29, 1.82) is 0 Å². The number of amides is 3. The number of benzene rings is 1. The number of pyridine rings is 1. The summed E-state index contributed by atoms with van der Waals surface area (Å²) in [5.74, 6) is -4.75. The lowest BCUT2D eigenvalue weighted by molar-refractivity contribution is -0.218. The van der Waals surface area contributed by atoms with Crippen molar-refractivity contribution in [1.82, 2.24) is 15.6 Å². The Bertz CT molecular complexity index is 1270. The molecule has 1 aromatic carbocycles. The molecule has 3 amide bonds. The lowest BCUT2D eigenvalue weighted by Crippen LogP contribution is -2.63. The Morgan fingerprint density at radius 1 is 1.11 bits per heavy atom. The van der Waals surface area contributed by atoms with E-state index in [0.29, 0.717) is 18.7 Å². The molecule has 2 aliphatic heterocycles. The second-order valence-corrected chi connectivity index (χ2v) is 8.84. The maximum atomic E-state index is 14.8. The average molecular weight is 511 g/mol. The molecule has 2 fully saturated rings. The van der Waals surface area contributed by atoms with E-state index in [1.807, 2.05) is 0 Å². The van der Waals surface area contributed by atoms with Crippen molar-refractivity contribution in [3.05, 3.63) is 59.1 Å². The van der Waals surface area contributed by atoms with Gasteiger partial charge in [0, 0.05) is 49.0 Å². The first-order chi connectivity index (χ1) is 17.0. The van der Waals surface area contributed by atoms with E-state index in [1.165, 1.54) is 17.0 Å². The molecule has 0 radical (unpaired) electrons. The molecule has 0 unspecified atom stereocenters. The lowest BCUT2D eigenvalue weighted by atomic mass is 9.76. The van der Waals surface area contributed by atoms with Crippen LogP contribution >= 0.6 is 0 Å². The Labute approximate surface area is 200 Å². The fourth-order valence-electron chi connectivity index (χ4n) is 4.50. The minimum absolute atomic E-state index is 0.0534. The molecule has 2 N–H and O–H groups in total. The highest BCUT2D eigenvalue weighted by molar-refractivity contribution is 5.97. The summed E-state index contributed by atoms with van der Waals surface area (Å²) in [5.41, 5.74) is -3.07. The van der Waals surface area contributed by atoms with Gasteiger partial charge in [0.25, 0.3) is 0 Å². The number of urea groups is 1. The number of hydrogen-bond donors (Lipinski definition) is 2. The summed E-state index contributed by atoms with van der Waals surface area (Å²) >= 11 is 0. The largest absolute Gasteiger partial charge is 0.411 e. The van der Waals surface area contributed by atoms with E-state index in [1.54, 1.807) is 0 Å². The van der Waals surface area contributed by atoms with Crippen molar-refractivity contribution >= 4 is 29.3 Å². The van der Waals surface area contributed by atoms with E-state index >= 15 is 0 Å². The first kappa shape index (κ1) is 23.9. The summed E-state index contributed by atoms with van der Waals surface area (Å²) in [4.78, 5) is 31.5. The number of anilines is 3. The quantitative estimate of drug-likeness (QED) is 0.604. The zero-order chi connectivity index (χ0) is 25.8. The van der Waals surface area contributed by atoms with Crippen LogP contribution in [0, 0.1) is 17.5 Å². The van der Waals surface area contributed by atoms with Gasteiger partial charge in [-0.25, -0.2) is 22.9 Å². The van der Waals surface area contributed by atoms with Gasteiger partial charge in [-0.3, -0.25) is 14.6 Å². The summed E-state index contributed by atoms with van der Waals surface area (Å²) in [6.07, 6.45) is -4.14. The van der Waals surface area contributed by atoms with Gasteiger partial charge in [0.1, 0.15) is 28.7 Å². The molecule has 1 aliphatic carbocycles. The van der Waals surface area contributed by atoms with E-state index in [4.69, 9.17) is 0 Å². The highest BCUT2D eigenvalue weighted by Gasteiger charge is 2.59. The van der Waals surface area contributed by atoms with Gasteiger partial charge in [0.05, 0.1) is 0 Å². The number of rotatable bonds is 4. The average Bonchev–Trinajstić information content (AvgIpc) is 3.19. The number of nitrogens with one attached hydrogen (secondary N) is 2. The predicted molar refractivity (Wildman–Crippen MR) is 116 cm³/mol. The summed E-state index contributed by atoms with van der Waals surface area (Å²) < 4.78 is 83.9. The molecule has 0 bridgehead atoms. The highest BCUT2D eigenvalue weighted by atomic mass is 19.4. The first-order valence-electron chi connectivity index (χ1n) is 11.1. The molecule has 1 aromatic heterocycles. The van der Waals surface area contributed by atoms with E-state index in [9.17, 15) is 35.9 Å². The third kappa shape index (κ3) is 3.91. The molecule has 0 atom stereocenters. The summed E-state index contributed by atoms with van der Waals surface area (Å²) in [5, 5.41) is 4.65.